The first-order valence-corrected chi connectivity index (χ1v) is 6.86. The third-order valence-corrected chi connectivity index (χ3v) is 3.29. The van der Waals surface area contributed by atoms with Gasteiger partial charge in [-0.25, -0.2) is 0 Å². The average Bonchev–Trinajstić information content (AvgIpc) is 2.51. The number of carbonyl (C=O) groups is 1. The van der Waals surface area contributed by atoms with Crippen LogP contribution in [0.5, 0.6) is 5.75 Å². The number of fused-ring (bicyclic) bond motifs is 1. The van der Waals surface area contributed by atoms with Crippen LogP contribution in [0, 0.1) is 17.2 Å². The van der Waals surface area contributed by atoms with E-state index in [1.165, 1.54) is 0 Å². The topological polar surface area (TPSA) is 65.4 Å². The summed E-state index contributed by atoms with van der Waals surface area (Å²) in [4.78, 5) is 14.3. The molecule has 1 aliphatic heterocycles. The Balaban J connectivity index is 2.26. The van der Waals surface area contributed by atoms with Gasteiger partial charge in [0.2, 0.25) is 0 Å². The van der Waals surface area contributed by atoms with Crippen LogP contribution in [0.2, 0.25) is 0 Å². The highest BCUT2D eigenvalue weighted by Crippen LogP contribution is 2.32. The van der Waals surface area contributed by atoms with Gasteiger partial charge >= 0.3 is 0 Å². The monoisotopic (exact) mass is 273 g/mol. The predicted octanol–water partition coefficient (Wildman–Crippen LogP) is 2.11. The van der Waals surface area contributed by atoms with Gasteiger partial charge in [-0.1, -0.05) is 6.07 Å². The highest BCUT2D eigenvalue weighted by atomic mass is 16.5. The van der Waals surface area contributed by atoms with Gasteiger partial charge in [-0.2, -0.15) is 5.26 Å². The summed E-state index contributed by atoms with van der Waals surface area (Å²) in [6.45, 7) is 6.03. The summed E-state index contributed by atoms with van der Waals surface area (Å²) in [6, 6.07) is 7.68. The van der Waals surface area contributed by atoms with E-state index in [4.69, 9.17) is 10.00 Å². The minimum atomic E-state index is -0.183. The maximum Gasteiger partial charge on any atom is 0.257 e. The number of ether oxygens (including phenoxy) is 1. The van der Waals surface area contributed by atoms with Crippen LogP contribution in [0.1, 0.15) is 24.2 Å². The van der Waals surface area contributed by atoms with Crippen molar-refractivity contribution in [3.63, 3.8) is 0 Å². The van der Waals surface area contributed by atoms with E-state index in [1.54, 1.807) is 11.0 Å². The Bertz CT molecular complexity index is 536. The Kier molecular flexibility index (Phi) is 4.46. The summed E-state index contributed by atoms with van der Waals surface area (Å²) in [6.07, 6.45) is 0. The zero-order valence-corrected chi connectivity index (χ0v) is 11.8. The average molecular weight is 273 g/mol. The van der Waals surface area contributed by atoms with Crippen molar-refractivity contribution in [3.05, 3.63) is 23.8 Å². The maximum atomic E-state index is 12.6. The van der Waals surface area contributed by atoms with Crippen LogP contribution >= 0.6 is 0 Å². The zero-order chi connectivity index (χ0) is 14.5. The number of amides is 1. The summed E-state index contributed by atoms with van der Waals surface area (Å²) in [5.74, 6) is 0.347. The summed E-state index contributed by atoms with van der Waals surface area (Å²) in [7, 11) is 0. The third kappa shape index (κ3) is 2.85. The molecule has 0 fully saturated rings. The molecule has 1 aromatic rings. The van der Waals surface area contributed by atoms with E-state index < -0.39 is 0 Å². The molecular weight excluding hydrogens is 254 g/mol. The van der Waals surface area contributed by atoms with Crippen LogP contribution < -0.4 is 10.1 Å². The van der Waals surface area contributed by atoms with Gasteiger partial charge in [0.1, 0.15) is 6.61 Å². The number of anilines is 1. The first kappa shape index (κ1) is 14.2. The largest absolute Gasteiger partial charge is 0.489 e. The Morgan fingerprint density at radius 2 is 2.40 bits per heavy atom. The Labute approximate surface area is 119 Å². The third-order valence-electron chi connectivity index (χ3n) is 3.29. The maximum absolute atomic E-state index is 12.6. The quantitative estimate of drug-likeness (QED) is 0.912. The highest BCUT2D eigenvalue weighted by molar-refractivity contribution is 5.99. The molecule has 20 heavy (non-hydrogen) atoms. The van der Waals surface area contributed by atoms with Crippen molar-refractivity contribution >= 4 is 11.6 Å². The molecule has 0 aliphatic carbocycles. The molecule has 2 rings (SSSR count). The standard InChI is InChI=1S/C15H19N3O2/c1-3-18(10-11(2)9-16)15(19)12-5-4-6-13-14(12)20-8-7-17-13/h4-6,11,17H,3,7-8,10H2,1-2H3. The SMILES string of the molecule is CCN(CC(C)C#N)C(=O)c1cccc2c1OCCN2. The zero-order valence-electron chi connectivity index (χ0n) is 11.8. The van der Waals surface area contributed by atoms with Crippen molar-refractivity contribution in [2.24, 2.45) is 5.92 Å². The van der Waals surface area contributed by atoms with E-state index in [-0.39, 0.29) is 11.8 Å². The lowest BCUT2D eigenvalue weighted by Crippen LogP contribution is -2.35. The fourth-order valence-electron chi connectivity index (χ4n) is 2.24. The number of hydrogen-bond donors (Lipinski definition) is 1. The first-order valence-electron chi connectivity index (χ1n) is 6.86. The van der Waals surface area contributed by atoms with Gasteiger partial charge in [-0.3, -0.25) is 4.79 Å². The van der Waals surface area contributed by atoms with E-state index >= 15 is 0 Å². The highest BCUT2D eigenvalue weighted by Gasteiger charge is 2.23. The van der Waals surface area contributed by atoms with Gasteiger partial charge in [-0.05, 0) is 26.0 Å². The van der Waals surface area contributed by atoms with Crippen molar-refractivity contribution in [3.8, 4) is 11.8 Å². The molecule has 1 aromatic carbocycles. The van der Waals surface area contributed by atoms with Gasteiger partial charge in [0.15, 0.2) is 5.75 Å². The number of nitrogens with zero attached hydrogens (tertiary/aromatic N) is 2. The lowest BCUT2D eigenvalue weighted by molar-refractivity contribution is 0.0748. The number of para-hydroxylation sites is 1. The summed E-state index contributed by atoms with van der Waals surface area (Å²) < 4.78 is 5.63. The number of nitriles is 1. The van der Waals surface area contributed by atoms with Crippen molar-refractivity contribution in [2.45, 2.75) is 13.8 Å². The number of carbonyl (C=O) groups excluding carboxylic acids is 1. The smallest absolute Gasteiger partial charge is 0.257 e. The summed E-state index contributed by atoms with van der Waals surface area (Å²) >= 11 is 0. The Morgan fingerprint density at radius 3 is 3.10 bits per heavy atom. The molecule has 1 aliphatic rings. The van der Waals surface area contributed by atoms with Crippen molar-refractivity contribution in [1.82, 2.24) is 4.90 Å². The molecule has 0 spiro atoms. The second kappa shape index (κ2) is 6.29. The van der Waals surface area contributed by atoms with Crippen molar-refractivity contribution in [1.29, 1.82) is 5.26 Å². The Hall–Kier alpha value is -2.22. The molecule has 5 heteroatoms. The second-order valence-electron chi connectivity index (χ2n) is 4.83. The molecule has 0 saturated carbocycles. The lowest BCUT2D eigenvalue weighted by Gasteiger charge is -2.26. The van der Waals surface area contributed by atoms with Crippen molar-refractivity contribution < 1.29 is 9.53 Å². The predicted molar refractivity (Wildman–Crippen MR) is 76.8 cm³/mol. The second-order valence-corrected chi connectivity index (χ2v) is 4.83. The first-order chi connectivity index (χ1) is 9.67. The molecule has 0 saturated heterocycles. The molecular formula is C15H19N3O2. The molecule has 1 N–H and O–H groups in total. The Morgan fingerprint density at radius 1 is 1.60 bits per heavy atom. The number of hydrogen-bond acceptors (Lipinski definition) is 4. The number of benzene rings is 1. The minimum absolute atomic E-state index is 0.0878. The van der Waals surface area contributed by atoms with Crippen LogP contribution in [0.25, 0.3) is 0 Å². The van der Waals surface area contributed by atoms with Gasteiger partial charge < -0.3 is 15.0 Å². The van der Waals surface area contributed by atoms with Crippen LogP contribution in [-0.4, -0.2) is 37.0 Å². The van der Waals surface area contributed by atoms with Crippen LogP contribution in [-0.2, 0) is 0 Å². The molecule has 5 nitrogen and oxygen atoms in total. The molecule has 1 heterocycles. The number of nitrogens with one attached hydrogen (secondary N) is 1. The fraction of sp³-hybridized carbons (Fsp3) is 0.467. The normalized spacial score (nSPS) is 14.2. The lowest BCUT2D eigenvalue weighted by atomic mass is 10.1. The van der Waals surface area contributed by atoms with Crippen LogP contribution in [0.3, 0.4) is 0 Å². The molecule has 0 aromatic heterocycles. The van der Waals surface area contributed by atoms with Gasteiger partial charge in [0, 0.05) is 19.6 Å². The van der Waals surface area contributed by atoms with Gasteiger partial charge in [0.05, 0.1) is 23.2 Å². The van der Waals surface area contributed by atoms with E-state index in [0.29, 0.717) is 31.0 Å². The number of rotatable bonds is 4. The van der Waals surface area contributed by atoms with E-state index in [1.807, 2.05) is 26.0 Å². The molecule has 1 amide bonds. The van der Waals surface area contributed by atoms with Crippen LogP contribution in [0.4, 0.5) is 5.69 Å². The molecule has 1 unspecified atom stereocenters. The fourth-order valence-corrected chi connectivity index (χ4v) is 2.24. The van der Waals surface area contributed by atoms with E-state index in [2.05, 4.69) is 11.4 Å². The molecule has 1 atom stereocenters. The van der Waals surface area contributed by atoms with Crippen LogP contribution in [0.15, 0.2) is 18.2 Å². The summed E-state index contributed by atoms with van der Waals surface area (Å²) in [5, 5.41) is 12.1. The minimum Gasteiger partial charge on any atom is -0.489 e. The molecule has 0 bridgehead atoms. The molecule has 106 valence electrons. The van der Waals surface area contributed by atoms with Crippen molar-refractivity contribution in [2.75, 3.05) is 31.6 Å². The van der Waals surface area contributed by atoms with Gasteiger partial charge in [-0.15, -0.1) is 0 Å². The van der Waals surface area contributed by atoms with E-state index in [9.17, 15) is 4.79 Å². The summed E-state index contributed by atoms with van der Waals surface area (Å²) in [5.41, 5.74) is 1.41. The van der Waals surface area contributed by atoms with E-state index in [0.717, 1.165) is 12.2 Å². The van der Waals surface area contributed by atoms with Gasteiger partial charge in [0.25, 0.3) is 5.91 Å². The molecule has 0 radical (unpaired) electrons.